The molecule has 0 atom stereocenters. The Morgan fingerprint density at radius 3 is 2.84 bits per heavy atom. The predicted octanol–water partition coefficient (Wildman–Crippen LogP) is 2.51. The van der Waals surface area contributed by atoms with E-state index in [2.05, 4.69) is 0 Å². The molecule has 0 spiro atoms. The number of benzene rings is 1. The molecule has 0 saturated heterocycles. The van der Waals surface area contributed by atoms with E-state index in [0.29, 0.717) is 36.7 Å². The molecule has 6 nitrogen and oxygen atoms in total. The van der Waals surface area contributed by atoms with Crippen LogP contribution >= 0.6 is 0 Å². The van der Waals surface area contributed by atoms with Crippen molar-refractivity contribution < 1.29 is 23.5 Å². The second-order valence-electron chi connectivity index (χ2n) is 6.14. The van der Waals surface area contributed by atoms with Crippen LogP contribution in [0.3, 0.4) is 0 Å². The van der Waals surface area contributed by atoms with Crippen LogP contribution in [0.15, 0.2) is 28.7 Å². The maximum atomic E-state index is 12.5. The fourth-order valence-electron chi connectivity index (χ4n) is 2.92. The SMILES string of the molecule is COC(=O)c1cc(CN(C)C(=O)Cc2ccc3c(c2)CCO3)oc1C. The van der Waals surface area contributed by atoms with Gasteiger partial charge in [0.25, 0.3) is 0 Å². The number of amides is 1. The van der Waals surface area contributed by atoms with Crippen LogP contribution < -0.4 is 4.74 Å². The molecule has 0 aliphatic carbocycles. The van der Waals surface area contributed by atoms with Crippen LogP contribution in [0.1, 0.15) is 33.0 Å². The average molecular weight is 343 g/mol. The van der Waals surface area contributed by atoms with Gasteiger partial charge in [0, 0.05) is 13.5 Å². The molecular formula is C19H21NO5. The van der Waals surface area contributed by atoms with Crippen molar-refractivity contribution in [1.29, 1.82) is 0 Å². The number of carbonyl (C=O) groups excluding carboxylic acids is 2. The van der Waals surface area contributed by atoms with Gasteiger partial charge in [0.1, 0.15) is 22.8 Å². The van der Waals surface area contributed by atoms with Gasteiger partial charge < -0.3 is 18.8 Å². The first kappa shape index (κ1) is 17.1. The van der Waals surface area contributed by atoms with Gasteiger partial charge in [0.15, 0.2) is 0 Å². The fourth-order valence-corrected chi connectivity index (χ4v) is 2.92. The normalized spacial score (nSPS) is 12.4. The number of hydrogen-bond acceptors (Lipinski definition) is 5. The zero-order chi connectivity index (χ0) is 18.0. The van der Waals surface area contributed by atoms with Crippen LogP contribution in [0.5, 0.6) is 5.75 Å². The minimum Gasteiger partial charge on any atom is -0.493 e. The number of furan rings is 1. The van der Waals surface area contributed by atoms with Crippen molar-refractivity contribution in [3.8, 4) is 5.75 Å². The Bertz CT molecular complexity index is 808. The van der Waals surface area contributed by atoms with Gasteiger partial charge in [-0.3, -0.25) is 4.79 Å². The number of methoxy groups -OCH3 is 1. The Hall–Kier alpha value is -2.76. The molecule has 0 radical (unpaired) electrons. The second kappa shape index (κ2) is 7.01. The molecule has 3 rings (SSSR count). The third-order valence-corrected chi connectivity index (χ3v) is 4.30. The summed E-state index contributed by atoms with van der Waals surface area (Å²) in [6.07, 6.45) is 1.20. The summed E-state index contributed by atoms with van der Waals surface area (Å²) in [5.41, 5.74) is 2.50. The summed E-state index contributed by atoms with van der Waals surface area (Å²) in [6.45, 7) is 2.70. The molecule has 1 aliphatic heterocycles. The maximum absolute atomic E-state index is 12.5. The van der Waals surface area contributed by atoms with Gasteiger partial charge in [-0.2, -0.15) is 0 Å². The maximum Gasteiger partial charge on any atom is 0.341 e. The molecule has 2 heterocycles. The van der Waals surface area contributed by atoms with Gasteiger partial charge in [-0.15, -0.1) is 0 Å². The monoisotopic (exact) mass is 343 g/mol. The van der Waals surface area contributed by atoms with Crippen molar-refractivity contribution in [2.75, 3.05) is 20.8 Å². The Balaban J connectivity index is 1.64. The van der Waals surface area contributed by atoms with E-state index in [1.54, 1.807) is 24.9 Å². The standard InChI is InChI=1S/C19H21NO5/c1-12-16(19(22)23-3)10-15(25-12)11-20(2)18(21)9-13-4-5-17-14(8-13)6-7-24-17/h4-5,8,10H,6-7,9,11H2,1-3H3. The van der Waals surface area contributed by atoms with Gasteiger partial charge in [-0.25, -0.2) is 4.79 Å². The largest absolute Gasteiger partial charge is 0.493 e. The van der Waals surface area contributed by atoms with Gasteiger partial charge in [0.2, 0.25) is 5.91 Å². The van der Waals surface area contributed by atoms with Gasteiger partial charge in [-0.1, -0.05) is 12.1 Å². The molecule has 0 N–H and O–H groups in total. The summed E-state index contributed by atoms with van der Waals surface area (Å²) in [4.78, 5) is 25.7. The molecule has 1 aliphatic rings. The van der Waals surface area contributed by atoms with Crippen molar-refractivity contribution >= 4 is 11.9 Å². The predicted molar refractivity (Wildman–Crippen MR) is 90.6 cm³/mol. The summed E-state index contributed by atoms with van der Waals surface area (Å²) >= 11 is 0. The first-order valence-corrected chi connectivity index (χ1v) is 8.14. The highest BCUT2D eigenvalue weighted by molar-refractivity contribution is 5.90. The quantitative estimate of drug-likeness (QED) is 0.780. The number of esters is 1. The highest BCUT2D eigenvalue weighted by Crippen LogP contribution is 2.26. The van der Waals surface area contributed by atoms with E-state index in [-0.39, 0.29) is 5.91 Å². The number of rotatable bonds is 5. The Morgan fingerprint density at radius 2 is 2.08 bits per heavy atom. The highest BCUT2D eigenvalue weighted by atomic mass is 16.5. The molecular weight excluding hydrogens is 322 g/mol. The molecule has 25 heavy (non-hydrogen) atoms. The third kappa shape index (κ3) is 3.68. The van der Waals surface area contributed by atoms with Crippen LogP contribution in [0.25, 0.3) is 0 Å². The number of likely N-dealkylation sites (N-methyl/N-ethyl adjacent to an activating group) is 1. The Kier molecular flexibility index (Phi) is 4.79. The van der Waals surface area contributed by atoms with E-state index in [0.717, 1.165) is 23.3 Å². The molecule has 132 valence electrons. The number of hydrogen-bond donors (Lipinski definition) is 0. The van der Waals surface area contributed by atoms with E-state index in [9.17, 15) is 9.59 Å². The Labute approximate surface area is 146 Å². The number of nitrogens with zero attached hydrogens (tertiary/aromatic N) is 1. The molecule has 0 unspecified atom stereocenters. The van der Waals surface area contributed by atoms with E-state index in [1.807, 2.05) is 18.2 Å². The molecule has 0 saturated carbocycles. The van der Waals surface area contributed by atoms with Crippen molar-refractivity contribution in [2.45, 2.75) is 26.3 Å². The van der Waals surface area contributed by atoms with E-state index in [4.69, 9.17) is 13.9 Å². The van der Waals surface area contributed by atoms with Crippen LogP contribution in [0, 0.1) is 6.92 Å². The molecule has 1 amide bonds. The lowest BCUT2D eigenvalue weighted by Gasteiger charge is -2.16. The molecule has 0 fully saturated rings. The zero-order valence-corrected chi connectivity index (χ0v) is 14.6. The number of ether oxygens (including phenoxy) is 2. The van der Waals surface area contributed by atoms with E-state index < -0.39 is 5.97 Å². The zero-order valence-electron chi connectivity index (χ0n) is 14.6. The number of fused-ring (bicyclic) bond motifs is 1. The summed E-state index contributed by atoms with van der Waals surface area (Å²) in [5, 5.41) is 0. The minimum absolute atomic E-state index is 0.0208. The first-order chi connectivity index (χ1) is 12.0. The fraction of sp³-hybridized carbons (Fsp3) is 0.368. The topological polar surface area (TPSA) is 69.0 Å². The van der Waals surface area contributed by atoms with E-state index in [1.165, 1.54) is 7.11 Å². The summed E-state index contributed by atoms with van der Waals surface area (Å²) in [6, 6.07) is 7.49. The van der Waals surface area contributed by atoms with Crippen LogP contribution in [-0.2, 0) is 28.9 Å². The lowest BCUT2D eigenvalue weighted by Crippen LogP contribution is -2.27. The molecule has 1 aromatic carbocycles. The van der Waals surface area contributed by atoms with Crippen LogP contribution in [0.4, 0.5) is 0 Å². The molecule has 1 aromatic heterocycles. The molecule has 2 aromatic rings. The smallest absolute Gasteiger partial charge is 0.341 e. The van der Waals surface area contributed by atoms with Gasteiger partial charge >= 0.3 is 5.97 Å². The lowest BCUT2D eigenvalue weighted by molar-refractivity contribution is -0.129. The van der Waals surface area contributed by atoms with Crippen molar-refractivity contribution in [1.82, 2.24) is 4.90 Å². The molecule has 6 heteroatoms. The molecule has 0 bridgehead atoms. The van der Waals surface area contributed by atoms with Gasteiger partial charge in [0.05, 0.1) is 26.7 Å². The first-order valence-electron chi connectivity index (χ1n) is 8.14. The van der Waals surface area contributed by atoms with Crippen molar-refractivity contribution in [3.63, 3.8) is 0 Å². The highest BCUT2D eigenvalue weighted by Gasteiger charge is 2.19. The summed E-state index contributed by atoms with van der Waals surface area (Å²) in [5.74, 6) is 1.48. The second-order valence-corrected chi connectivity index (χ2v) is 6.14. The minimum atomic E-state index is -0.443. The third-order valence-electron chi connectivity index (χ3n) is 4.30. The van der Waals surface area contributed by atoms with E-state index >= 15 is 0 Å². The van der Waals surface area contributed by atoms with Crippen LogP contribution in [-0.4, -0.2) is 37.5 Å². The number of carbonyl (C=O) groups is 2. The Morgan fingerprint density at radius 1 is 1.28 bits per heavy atom. The average Bonchev–Trinajstić information content (AvgIpc) is 3.19. The number of aryl methyl sites for hydroxylation is 1. The lowest BCUT2D eigenvalue weighted by atomic mass is 10.1. The van der Waals surface area contributed by atoms with Gasteiger partial charge in [-0.05, 0) is 30.2 Å². The van der Waals surface area contributed by atoms with Crippen molar-refractivity contribution in [3.05, 3.63) is 52.5 Å². The van der Waals surface area contributed by atoms with Crippen molar-refractivity contribution in [2.24, 2.45) is 0 Å². The summed E-state index contributed by atoms with van der Waals surface area (Å²) in [7, 11) is 3.04. The van der Waals surface area contributed by atoms with Crippen LogP contribution in [0.2, 0.25) is 0 Å². The summed E-state index contributed by atoms with van der Waals surface area (Å²) < 4.78 is 15.7.